The van der Waals surface area contributed by atoms with Crippen LogP contribution in [0.15, 0.2) is 42.6 Å². The Morgan fingerprint density at radius 3 is 2.76 bits per heavy atom. The molecular weight excluding hydrogens is 382 g/mol. The number of hydrogen-bond acceptors (Lipinski definition) is 5. The summed E-state index contributed by atoms with van der Waals surface area (Å²) >= 11 is 0. The van der Waals surface area contributed by atoms with Crippen LogP contribution < -0.4 is 10.1 Å². The minimum absolute atomic E-state index is 0.214. The van der Waals surface area contributed by atoms with Gasteiger partial charge in [-0.2, -0.15) is 5.10 Å². The SMILES string of the molecule is Cn1nc2ccc(OCc3ccccn3)cc2c1C(=O)NC1(CO)CC(F)(F)C1. The fraction of sp³-hybridized carbons (Fsp3) is 0.350. The van der Waals surface area contributed by atoms with Gasteiger partial charge < -0.3 is 15.2 Å². The Morgan fingerprint density at radius 2 is 2.10 bits per heavy atom. The maximum absolute atomic E-state index is 13.3. The smallest absolute Gasteiger partial charge is 0.270 e. The van der Waals surface area contributed by atoms with Crippen molar-refractivity contribution in [3.05, 3.63) is 54.0 Å². The van der Waals surface area contributed by atoms with Crippen LogP contribution in [0.1, 0.15) is 29.0 Å². The number of pyridine rings is 1. The van der Waals surface area contributed by atoms with Crippen LogP contribution in [0.2, 0.25) is 0 Å². The van der Waals surface area contributed by atoms with E-state index in [9.17, 15) is 18.7 Å². The number of aliphatic hydroxyl groups excluding tert-OH is 1. The van der Waals surface area contributed by atoms with Crippen molar-refractivity contribution < 1.29 is 23.4 Å². The van der Waals surface area contributed by atoms with Crippen LogP contribution in [0.25, 0.3) is 10.9 Å². The molecule has 2 aromatic heterocycles. The lowest BCUT2D eigenvalue weighted by Crippen LogP contribution is -2.64. The molecule has 0 bridgehead atoms. The summed E-state index contributed by atoms with van der Waals surface area (Å²) < 4.78 is 33.8. The first kappa shape index (κ1) is 19.3. The number of aliphatic hydroxyl groups is 1. The van der Waals surface area contributed by atoms with Gasteiger partial charge in [0.15, 0.2) is 0 Å². The predicted octanol–water partition coefficient (Wildman–Crippen LogP) is 2.44. The highest BCUT2D eigenvalue weighted by Gasteiger charge is 2.57. The molecule has 7 nitrogen and oxygen atoms in total. The second-order valence-corrected chi connectivity index (χ2v) is 7.36. The second kappa shape index (κ2) is 7.07. The van der Waals surface area contributed by atoms with E-state index in [1.165, 1.54) is 4.68 Å². The molecule has 1 saturated carbocycles. The van der Waals surface area contributed by atoms with Gasteiger partial charge in [-0.3, -0.25) is 14.5 Å². The summed E-state index contributed by atoms with van der Waals surface area (Å²) in [5.41, 5.74) is 0.225. The van der Waals surface area contributed by atoms with E-state index >= 15 is 0 Å². The number of rotatable bonds is 6. The quantitative estimate of drug-likeness (QED) is 0.661. The molecule has 1 aromatic carbocycles. The predicted molar refractivity (Wildman–Crippen MR) is 101 cm³/mol. The zero-order valence-electron chi connectivity index (χ0n) is 15.7. The van der Waals surface area contributed by atoms with Gasteiger partial charge in [-0.15, -0.1) is 0 Å². The molecule has 1 aliphatic rings. The van der Waals surface area contributed by atoms with Crippen LogP contribution >= 0.6 is 0 Å². The number of carbonyl (C=O) groups excluding carboxylic acids is 1. The van der Waals surface area contributed by atoms with Crippen molar-refractivity contribution in [3.63, 3.8) is 0 Å². The molecule has 3 aromatic rings. The maximum Gasteiger partial charge on any atom is 0.270 e. The topological polar surface area (TPSA) is 89.3 Å². The van der Waals surface area contributed by atoms with Gasteiger partial charge in [0, 0.05) is 31.5 Å². The van der Waals surface area contributed by atoms with Crippen LogP contribution in [0.3, 0.4) is 0 Å². The monoisotopic (exact) mass is 402 g/mol. The molecule has 1 fully saturated rings. The standard InChI is InChI=1S/C20H20F2N4O3/c1-26-17(18(28)24-19(12-27)10-20(21,22)11-19)15-8-14(5-6-16(15)25-26)29-9-13-4-2-3-7-23-13/h2-8,27H,9-12H2,1H3,(H,24,28). The Balaban J connectivity index is 1.57. The van der Waals surface area contributed by atoms with Crippen molar-refractivity contribution in [1.29, 1.82) is 0 Å². The number of amides is 1. The number of alkyl halides is 2. The number of halogens is 2. The van der Waals surface area contributed by atoms with Crippen LogP contribution in [0.5, 0.6) is 5.75 Å². The number of nitrogens with zero attached hydrogens (tertiary/aromatic N) is 3. The number of aromatic nitrogens is 3. The molecule has 2 heterocycles. The second-order valence-electron chi connectivity index (χ2n) is 7.36. The number of carbonyl (C=O) groups is 1. The van der Waals surface area contributed by atoms with E-state index in [-0.39, 0.29) is 12.3 Å². The molecule has 2 N–H and O–H groups in total. The van der Waals surface area contributed by atoms with Gasteiger partial charge in [0.25, 0.3) is 11.8 Å². The fourth-order valence-electron chi connectivity index (χ4n) is 3.66. The maximum atomic E-state index is 13.3. The fourth-order valence-corrected chi connectivity index (χ4v) is 3.66. The Labute approximate surface area is 165 Å². The van der Waals surface area contributed by atoms with Crippen molar-refractivity contribution in [3.8, 4) is 5.75 Å². The molecule has 0 unspecified atom stereocenters. The zero-order valence-corrected chi connectivity index (χ0v) is 15.7. The third-order valence-electron chi connectivity index (χ3n) is 5.01. The van der Waals surface area contributed by atoms with Crippen molar-refractivity contribution in [1.82, 2.24) is 20.1 Å². The van der Waals surface area contributed by atoms with E-state index in [0.717, 1.165) is 5.69 Å². The number of ether oxygens (including phenoxy) is 1. The van der Waals surface area contributed by atoms with Crippen LogP contribution in [0.4, 0.5) is 8.78 Å². The first-order valence-corrected chi connectivity index (χ1v) is 9.12. The highest BCUT2D eigenvalue weighted by Crippen LogP contribution is 2.45. The van der Waals surface area contributed by atoms with Crippen LogP contribution in [-0.4, -0.2) is 43.8 Å². The van der Waals surface area contributed by atoms with E-state index in [1.807, 2.05) is 18.2 Å². The average molecular weight is 402 g/mol. The molecular formula is C20H20F2N4O3. The molecule has 1 aliphatic carbocycles. The van der Waals surface area contributed by atoms with E-state index in [1.54, 1.807) is 31.4 Å². The number of aryl methyl sites for hydroxylation is 1. The number of nitrogens with one attached hydrogen (secondary N) is 1. The Morgan fingerprint density at radius 1 is 1.31 bits per heavy atom. The molecule has 0 saturated heterocycles. The number of benzene rings is 1. The largest absolute Gasteiger partial charge is 0.487 e. The van der Waals surface area contributed by atoms with Gasteiger partial charge in [0.05, 0.1) is 23.4 Å². The van der Waals surface area contributed by atoms with Gasteiger partial charge in [0.1, 0.15) is 18.1 Å². The summed E-state index contributed by atoms with van der Waals surface area (Å²) in [5, 5.41) is 16.9. The number of hydrogen-bond donors (Lipinski definition) is 2. The molecule has 0 radical (unpaired) electrons. The third kappa shape index (κ3) is 3.77. The van der Waals surface area contributed by atoms with Crippen molar-refractivity contribution >= 4 is 16.8 Å². The summed E-state index contributed by atoms with van der Waals surface area (Å²) in [6.07, 6.45) is 0.499. The Hall–Kier alpha value is -3.07. The van der Waals surface area contributed by atoms with Crippen molar-refractivity contribution in [2.45, 2.75) is 30.9 Å². The first-order valence-electron chi connectivity index (χ1n) is 9.12. The van der Waals surface area contributed by atoms with E-state index in [0.29, 0.717) is 16.7 Å². The lowest BCUT2D eigenvalue weighted by molar-refractivity contribution is -0.143. The summed E-state index contributed by atoms with van der Waals surface area (Å²) in [6.45, 7) is -0.292. The molecule has 1 amide bonds. The molecule has 0 spiro atoms. The molecule has 29 heavy (non-hydrogen) atoms. The molecule has 152 valence electrons. The third-order valence-corrected chi connectivity index (χ3v) is 5.01. The van der Waals surface area contributed by atoms with E-state index in [4.69, 9.17) is 4.74 Å². The van der Waals surface area contributed by atoms with Gasteiger partial charge in [-0.05, 0) is 30.3 Å². The number of fused-ring (bicyclic) bond motifs is 1. The van der Waals surface area contributed by atoms with Crippen molar-refractivity contribution in [2.75, 3.05) is 6.61 Å². The summed E-state index contributed by atoms with van der Waals surface area (Å²) in [5.74, 6) is -2.92. The minimum Gasteiger partial charge on any atom is -0.487 e. The minimum atomic E-state index is -2.88. The average Bonchev–Trinajstić information content (AvgIpc) is 3.00. The Bertz CT molecular complexity index is 1040. The highest BCUT2D eigenvalue weighted by molar-refractivity contribution is 6.05. The Kier molecular flexibility index (Phi) is 4.70. The van der Waals surface area contributed by atoms with Gasteiger partial charge >= 0.3 is 0 Å². The summed E-state index contributed by atoms with van der Waals surface area (Å²) in [6, 6.07) is 10.7. The first-order chi connectivity index (χ1) is 13.8. The zero-order chi connectivity index (χ0) is 20.6. The van der Waals surface area contributed by atoms with E-state index < -0.39 is 36.8 Å². The van der Waals surface area contributed by atoms with Gasteiger partial charge in [0.2, 0.25) is 0 Å². The van der Waals surface area contributed by atoms with Crippen molar-refractivity contribution in [2.24, 2.45) is 7.05 Å². The van der Waals surface area contributed by atoms with Gasteiger partial charge in [-0.1, -0.05) is 6.07 Å². The van der Waals surface area contributed by atoms with Crippen LogP contribution in [0, 0.1) is 0 Å². The van der Waals surface area contributed by atoms with Gasteiger partial charge in [-0.25, -0.2) is 8.78 Å². The summed E-state index contributed by atoms with van der Waals surface area (Å²) in [4.78, 5) is 17.0. The normalized spacial score (nSPS) is 17.0. The molecule has 0 atom stereocenters. The molecule has 9 heteroatoms. The molecule has 0 aliphatic heterocycles. The molecule has 4 rings (SSSR count). The summed E-state index contributed by atoms with van der Waals surface area (Å²) in [7, 11) is 1.60. The highest BCUT2D eigenvalue weighted by atomic mass is 19.3. The lowest BCUT2D eigenvalue weighted by Gasteiger charge is -2.46. The lowest BCUT2D eigenvalue weighted by atomic mass is 9.74. The van der Waals surface area contributed by atoms with Crippen LogP contribution in [-0.2, 0) is 13.7 Å². The van der Waals surface area contributed by atoms with E-state index in [2.05, 4.69) is 15.4 Å².